The van der Waals surface area contributed by atoms with Crippen LogP contribution in [-0.2, 0) is 11.3 Å². The fraction of sp³-hybridized carbons (Fsp3) is 0.333. The highest BCUT2D eigenvalue weighted by molar-refractivity contribution is 5.88. The van der Waals surface area contributed by atoms with E-state index < -0.39 is 34.1 Å². The number of halogens is 2. The summed E-state index contributed by atoms with van der Waals surface area (Å²) in [4.78, 5) is 23.9. The lowest BCUT2D eigenvalue weighted by Crippen LogP contribution is -2.48. The van der Waals surface area contributed by atoms with Crippen molar-refractivity contribution in [1.82, 2.24) is 4.57 Å². The molecule has 6 nitrogen and oxygen atoms in total. The Kier molecular flexibility index (Phi) is 4.88. The summed E-state index contributed by atoms with van der Waals surface area (Å²) in [6.45, 7) is 1.22. The number of carbonyl (C=O) groups is 1. The largest absolute Gasteiger partial charge is 0.477 e. The number of aromatic carboxylic acids is 1. The Balaban J connectivity index is 2.10. The van der Waals surface area contributed by atoms with Crippen LogP contribution in [-0.4, -0.2) is 34.4 Å². The second-order valence-electron chi connectivity index (χ2n) is 6.49. The van der Waals surface area contributed by atoms with Gasteiger partial charge in [0, 0.05) is 54.9 Å². The van der Waals surface area contributed by atoms with E-state index in [9.17, 15) is 23.5 Å². The molecule has 0 bridgehead atoms. The molecule has 0 amide bonds. The highest BCUT2D eigenvalue weighted by Crippen LogP contribution is 2.24. The van der Waals surface area contributed by atoms with Gasteiger partial charge in [0.15, 0.2) is 0 Å². The van der Waals surface area contributed by atoms with Gasteiger partial charge in [0.2, 0.25) is 5.43 Å². The molecular formula is C18H18F2N2O4. The minimum atomic E-state index is -1.42. The van der Waals surface area contributed by atoms with Crippen LogP contribution in [0, 0.1) is 11.6 Å². The first kappa shape index (κ1) is 18.2. The van der Waals surface area contributed by atoms with Crippen LogP contribution in [0.5, 0.6) is 0 Å². The van der Waals surface area contributed by atoms with Crippen LogP contribution in [0.25, 0.3) is 11.1 Å². The first-order valence-corrected chi connectivity index (χ1v) is 8.08. The molecule has 8 heteroatoms. The molecule has 3 rings (SSSR count). The van der Waals surface area contributed by atoms with E-state index in [1.54, 1.807) is 0 Å². The molecule has 0 unspecified atom stereocenters. The van der Waals surface area contributed by atoms with Crippen molar-refractivity contribution >= 4 is 5.97 Å². The number of nitrogens with zero attached hydrogens (tertiary/aromatic N) is 1. The Labute approximate surface area is 147 Å². The molecule has 1 aromatic heterocycles. The van der Waals surface area contributed by atoms with Crippen molar-refractivity contribution in [1.29, 1.82) is 0 Å². The Bertz CT molecular complexity index is 905. The van der Waals surface area contributed by atoms with Gasteiger partial charge in [-0.1, -0.05) is 0 Å². The number of benzene rings is 1. The number of rotatable bonds is 4. The molecule has 3 N–H and O–H groups in total. The number of hydrogen-bond acceptors (Lipinski definition) is 4. The standard InChI is InChI=1S/C18H18F2N2O4/c19-11-1-2-12(15(20)7-11)13-8-22(9-14(16(13)23)17(24)25)10-18(21)3-5-26-6-4-18/h1-2,7-9H,3-6,10,21H2,(H,24,25). The second kappa shape index (κ2) is 6.97. The van der Waals surface area contributed by atoms with E-state index in [1.807, 2.05) is 0 Å². The average Bonchev–Trinajstić information content (AvgIpc) is 2.57. The van der Waals surface area contributed by atoms with E-state index in [0.29, 0.717) is 32.1 Å². The second-order valence-corrected chi connectivity index (χ2v) is 6.49. The topological polar surface area (TPSA) is 94.5 Å². The van der Waals surface area contributed by atoms with Crippen molar-refractivity contribution in [3.63, 3.8) is 0 Å². The van der Waals surface area contributed by atoms with Crippen LogP contribution < -0.4 is 11.2 Å². The summed E-state index contributed by atoms with van der Waals surface area (Å²) in [5.74, 6) is -3.15. The molecule has 0 radical (unpaired) electrons. The first-order chi connectivity index (χ1) is 12.3. The molecular weight excluding hydrogens is 346 g/mol. The Morgan fingerprint density at radius 3 is 2.54 bits per heavy atom. The van der Waals surface area contributed by atoms with Crippen molar-refractivity contribution in [2.75, 3.05) is 13.2 Å². The van der Waals surface area contributed by atoms with Crippen molar-refractivity contribution in [3.05, 3.63) is 58.0 Å². The van der Waals surface area contributed by atoms with E-state index in [0.717, 1.165) is 12.1 Å². The predicted octanol–water partition coefficient (Wildman–Crippen LogP) is 2.00. The van der Waals surface area contributed by atoms with Gasteiger partial charge in [-0.15, -0.1) is 0 Å². The zero-order valence-electron chi connectivity index (χ0n) is 13.9. The van der Waals surface area contributed by atoms with Gasteiger partial charge >= 0.3 is 5.97 Å². The van der Waals surface area contributed by atoms with Crippen molar-refractivity contribution in [3.8, 4) is 11.1 Å². The Morgan fingerprint density at radius 1 is 1.23 bits per heavy atom. The third-order valence-corrected chi connectivity index (χ3v) is 4.52. The summed E-state index contributed by atoms with van der Waals surface area (Å²) in [5, 5.41) is 9.33. The quantitative estimate of drug-likeness (QED) is 0.865. The highest BCUT2D eigenvalue weighted by atomic mass is 19.1. The number of nitrogens with two attached hydrogens (primary N) is 1. The number of aromatic nitrogens is 1. The number of ether oxygens (including phenoxy) is 1. The van der Waals surface area contributed by atoms with Gasteiger partial charge in [0.1, 0.15) is 17.2 Å². The van der Waals surface area contributed by atoms with Gasteiger partial charge in [-0.25, -0.2) is 13.6 Å². The summed E-state index contributed by atoms with van der Waals surface area (Å²) >= 11 is 0. The van der Waals surface area contributed by atoms with Crippen molar-refractivity contribution < 1.29 is 23.4 Å². The fourth-order valence-electron chi connectivity index (χ4n) is 3.07. The van der Waals surface area contributed by atoms with Crippen LogP contribution in [0.2, 0.25) is 0 Å². The molecule has 0 spiro atoms. The molecule has 0 saturated carbocycles. The molecule has 1 saturated heterocycles. The third-order valence-electron chi connectivity index (χ3n) is 4.52. The average molecular weight is 364 g/mol. The Hall–Kier alpha value is -2.58. The van der Waals surface area contributed by atoms with Crippen molar-refractivity contribution in [2.45, 2.75) is 24.9 Å². The lowest BCUT2D eigenvalue weighted by atomic mass is 9.91. The third kappa shape index (κ3) is 3.66. The summed E-state index contributed by atoms with van der Waals surface area (Å²) in [6.07, 6.45) is 3.69. The summed E-state index contributed by atoms with van der Waals surface area (Å²) in [5.41, 5.74) is 4.07. The van der Waals surface area contributed by atoms with Crippen molar-refractivity contribution in [2.24, 2.45) is 5.73 Å². The van der Waals surface area contributed by atoms with E-state index in [4.69, 9.17) is 10.5 Å². The maximum absolute atomic E-state index is 14.1. The maximum atomic E-state index is 14.1. The monoisotopic (exact) mass is 364 g/mol. The molecule has 138 valence electrons. The molecule has 1 aliphatic heterocycles. The van der Waals surface area contributed by atoms with Crippen LogP contribution in [0.4, 0.5) is 8.78 Å². The summed E-state index contributed by atoms with van der Waals surface area (Å²) in [7, 11) is 0. The van der Waals surface area contributed by atoms with E-state index in [-0.39, 0.29) is 17.7 Å². The van der Waals surface area contributed by atoms with Gasteiger partial charge in [-0.05, 0) is 25.0 Å². The van der Waals surface area contributed by atoms with Gasteiger partial charge in [-0.2, -0.15) is 0 Å². The molecule has 1 aliphatic rings. The molecule has 2 heterocycles. The number of hydrogen-bond donors (Lipinski definition) is 2. The molecule has 1 fully saturated rings. The molecule has 0 atom stereocenters. The number of carboxylic acids is 1. The summed E-state index contributed by atoms with van der Waals surface area (Å²) in [6, 6.07) is 2.78. The SMILES string of the molecule is NC1(Cn2cc(C(=O)O)c(=O)c(-c3ccc(F)cc3F)c2)CCOCC1. The lowest BCUT2D eigenvalue weighted by molar-refractivity contribution is 0.0469. The van der Waals surface area contributed by atoms with Crippen LogP contribution >= 0.6 is 0 Å². The number of carboxylic acid groups (broad SMARTS) is 1. The van der Waals surface area contributed by atoms with Gasteiger partial charge in [0.05, 0.1) is 0 Å². The smallest absolute Gasteiger partial charge is 0.341 e. The molecule has 1 aromatic carbocycles. The van der Waals surface area contributed by atoms with Gasteiger partial charge in [0.25, 0.3) is 0 Å². The highest BCUT2D eigenvalue weighted by Gasteiger charge is 2.29. The maximum Gasteiger partial charge on any atom is 0.341 e. The number of pyridine rings is 1. The minimum Gasteiger partial charge on any atom is -0.477 e. The molecule has 26 heavy (non-hydrogen) atoms. The first-order valence-electron chi connectivity index (χ1n) is 8.08. The van der Waals surface area contributed by atoms with Crippen LogP contribution in [0.15, 0.2) is 35.4 Å². The normalized spacial score (nSPS) is 16.4. The molecule has 0 aliphatic carbocycles. The lowest BCUT2D eigenvalue weighted by Gasteiger charge is -2.34. The molecule has 2 aromatic rings. The van der Waals surface area contributed by atoms with Crippen LogP contribution in [0.3, 0.4) is 0 Å². The Morgan fingerprint density at radius 2 is 1.92 bits per heavy atom. The zero-order chi connectivity index (χ0) is 18.9. The van der Waals surface area contributed by atoms with Crippen LogP contribution in [0.1, 0.15) is 23.2 Å². The van der Waals surface area contributed by atoms with Gasteiger partial charge < -0.3 is 20.1 Å². The van der Waals surface area contributed by atoms with Gasteiger partial charge in [-0.3, -0.25) is 4.79 Å². The van der Waals surface area contributed by atoms with E-state index >= 15 is 0 Å². The van der Waals surface area contributed by atoms with E-state index in [2.05, 4.69) is 0 Å². The van der Waals surface area contributed by atoms with E-state index in [1.165, 1.54) is 17.0 Å². The minimum absolute atomic E-state index is 0.155. The summed E-state index contributed by atoms with van der Waals surface area (Å²) < 4.78 is 34.1. The fourth-order valence-corrected chi connectivity index (χ4v) is 3.07. The predicted molar refractivity (Wildman–Crippen MR) is 90.0 cm³/mol. The zero-order valence-corrected chi connectivity index (χ0v) is 13.9.